The minimum Gasteiger partial charge on any atom is -0.462 e. The molecule has 0 bridgehead atoms. The third kappa shape index (κ3) is 6.05. The van der Waals surface area contributed by atoms with Crippen LogP contribution >= 0.6 is 0 Å². The van der Waals surface area contributed by atoms with Crippen LogP contribution in [0.2, 0.25) is 0 Å². The normalized spacial score (nSPS) is 11.6. The average Bonchev–Trinajstić information content (AvgIpc) is 2.73. The molecule has 174 valence electrons. The van der Waals surface area contributed by atoms with Crippen molar-refractivity contribution in [3.63, 3.8) is 0 Å². The lowest BCUT2D eigenvalue weighted by atomic mass is 10.2. The van der Waals surface area contributed by atoms with Crippen LogP contribution in [0.4, 0.5) is 11.6 Å². The summed E-state index contributed by atoms with van der Waals surface area (Å²) in [6, 6.07) is 12.1. The zero-order valence-corrected chi connectivity index (χ0v) is 19.7. The number of aromatic nitrogens is 2. The Kier molecular flexibility index (Phi) is 6.98. The van der Waals surface area contributed by atoms with E-state index in [0.29, 0.717) is 11.4 Å². The van der Waals surface area contributed by atoms with E-state index in [1.54, 1.807) is 26.8 Å². The van der Waals surface area contributed by atoms with Crippen molar-refractivity contribution in [1.29, 1.82) is 0 Å². The molecule has 1 heterocycles. The van der Waals surface area contributed by atoms with E-state index >= 15 is 0 Å². The van der Waals surface area contributed by atoms with Gasteiger partial charge in [-0.25, -0.2) is 36.3 Å². The molecule has 33 heavy (non-hydrogen) atoms. The van der Waals surface area contributed by atoms with Crippen LogP contribution in [-0.2, 0) is 24.8 Å². The maximum atomic E-state index is 12.6. The summed E-state index contributed by atoms with van der Waals surface area (Å²) in [7, 11) is -7.93. The van der Waals surface area contributed by atoms with E-state index in [-0.39, 0.29) is 33.6 Å². The van der Waals surface area contributed by atoms with E-state index in [1.807, 2.05) is 0 Å². The molecule has 3 aromatic rings. The van der Waals surface area contributed by atoms with Gasteiger partial charge in [-0.1, -0.05) is 0 Å². The number of anilines is 2. The van der Waals surface area contributed by atoms with Crippen molar-refractivity contribution in [3.8, 4) is 0 Å². The molecular formula is C21H22N4O6S2. The van der Waals surface area contributed by atoms with Gasteiger partial charge in [0.1, 0.15) is 0 Å². The van der Waals surface area contributed by atoms with Crippen molar-refractivity contribution in [1.82, 2.24) is 9.97 Å². The highest BCUT2D eigenvalue weighted by Crippen LogP contribution is 2.20. The fourth-order valence-electron chi connectivity index (χ4n) is 2.85. The number of esters is 1. The van der Waals surface area contributed by atoms with E-state index < -0.39 is 26.0 Å². The van der Waals surface area contributed by atoms with Gasteiger partial charge in [0.25, 0.3) is 20.0 Å². The predicted molar refractivity (Wildman–Crippen MR) is 122 cm³/mol. The molecule has 0 fully saturated rings. The number of rotatable bonds is 8. The van der Waals surface area contributed by atoms with Crippen molar-refractivity contribution in [3.05, 3.63) is 71.5 Å². The molecule has 12 heteroatoms. The van der Waals surface area contributed by atoms with E-state index in [0.717, 1.165) is 0 Å². The van der Waals surface area contributed by atoms with Gasteiger partial charge in [-0.15, -0.1) is 0 Å². The fraction of sp³-hybridized carbons (Fsp3) is 0.190. The summed E-state index contributed by atoms with van der Waals surface area (Å²) in [5.74, 6) is -0.602. The van der Waals surface area contributed by atoms with Gasteiger partial charge < -0.3 is 4.74 Å². The lowest BCUT2D eigenvalue weighted by Crippen LogP contribution is -2.16. The van der Waals surface area contributed by atoms with Crippen LogP contribution in [0, 0.1) is 13.8 Å². The number of benzene rings is 2. The summed E-state index contributed by atoms with van der Waals surface area (Å²) in [6.45, 7) is 5.32. The Balaban J connectivity index is 1.74. The Morgan fingerprint density at radius 3 is 1.82 bits per heavy atom. The summed E-state index contributed by atoms with van der Waals surface area (Å²) in [6.07, 6.45) is 0. The molecule has 0 unspecified atom stereocenters. The van der Waals surface area contributed by atoms with Crippen LogP contribution in [0.1, 0.15) is 28.7 Å². The van der Waals surface area contributed by atoms with E-state index in [2.05, 4.69) is 19.4 Å². The molecule has 0 saturated heterocycles. The quantitative estimate of drug-likeness (QED) is 0.459. The second-order valence-corrected chi connectivity index (χ2v) is 10.3. The molecule has 2 N–H and O–H groups in total. The minimum absolute atomic E-state index is 0.0523. The standard InChI is InChI=1S/C21H22N4O6S2/c1-4-31-20(26)16-5-9-18(10-6-16)32(27,28)24-17-7-11-19(12-8-17)33(29,30)25-21-22-14(2)13-15(3)23-21/h5-13,24H,4H2,1-3H3,(H,22,23,25). The van der Waals surface area contributed by atoms with Gasteiger partial charge in [-0.2, -0.15) is 0 Å². The molecule has 0 radical (unpaired) electrons. The van der Waals surface area contributed by atoms with Gasteiger partial charge in [-0.05, 0) is 75.4 Å². The molecule has 3 rings (SSSR count). The number of aryl methyl sites for hydroxylation is 2. The molecule has 0 saturated carbocycles. The molecule has 1 aromatic heterocycles. The van der Waals surface area contributed by atoms with Gasteiger partial charge in [-0.3, -0.25) is 4.72 Å². The minimum atomic E-state index is -3.97. The number of carbonyl (C=O) groups is 1. The Labute approximate surface area is 192 Å². The maximum Gasteiger partial charge on any atom is 0.338 e. The summed E-state index contributed by atoms with van der Waals surface area (Å²) in [5.41, 5.74) is 1.61. The number of hydrogen-bond acceptors (Lipinski definition) is 8. The van der Waals surface area contributed by atoms with Crippen LogP contribution in [0.25, 0.3) is 0 Å². The third-order valence-electron chi connectivity index (χ3n) is 4.30. The summed E-state index contributed by atoms with van der Waals surface area (Å²) < 4.78 is 60.0. The monoisotopic (exact) mass is 490 g/mol. The number of hydrogen-bond donors (Lipinski definition) is 2. The van der Waals surface area contributed by atoms with Crippen LogP contribution in [0.3, 0.4) is 0 Å². The largest absolute Gasteiger partial charge is 0.462 e. The van der Waals surface area contributed by atoms with Crippen molar-refractivity contribution in [2.24, 2.45) is 0 Å². The number of sulfonamides is 2. The first-order valence-corrected chi connectivity index (χ1v) is 12.7. The first kappa shape index (κ1) is 24.1. The third-order valence-corrected chi connectivity index (χ3v) is 7.04. The highest BCUT2D eigenvalue weighted by Gasteiger charge is 2.18. The van der Waals surface area contributed by atoms with Crippen LogP contribution in [0.15, 0.2) is 64.4 Å². The second-order valence-electron chi connectivity index (χ2n) is 6.95. The van der Waals surface area contributed by atoms with E-state index in [1.165, 1.54) is 48.5 Å². The first-order chi connectivity index (χ1) is 15.5. The Morgan fingerprint density at radius 1 is 0.818 bits per heavy atom. The van der Waals surface area contributed by atoms with Crippen molar-refractivity contribution in [2.75, 3.05) is 16.1 Å². The highest BCUT2D eigenvalue weighted by molar-refractivity contribution is 7.93. The number of carbonyl (C=O) groups excluding carboxylic acids is 1. The highest BCUT2D eigenvalue weighted by atomic mass is 32.2. The molecule has 0 aliphatic carbocycles. The SMILES string of the molecule is CCOC(=O)c1ccc(S(=O)(=O)Nc2ccc(S(=O)(=O)Nc3nc(C)cc(C)n3)cc2)cc1. The smallest absolute Gasteiger partial charge is 0.338 e. The Bertz CT molecular complexity index is 1350. The lowest BCUT2D eigenvalue weighted by molar-refractivity contribution is 0.0526. The van der Waals surface area contributed by atoms with Crippen molar-refractivity contribution >= 4 is 37.7 Å². The molecule has 0 aliphatic rings. The summed E-state index contributed by atoms with van der Waals surface area (Å²) in [5, 5.41) is 0. The Morgan fingerprint density at radius 2 is 1.30 bits per heavy atom. The topological polar surface area (TPSA) is 144 Å². The molecule has 0 atom stereocenters. The molecule has 10 nitrogen and oxygen atoms in total. The fourth-order valence-corrected chi connectivity index (χ4v) is 4.85. The summed E-state index contributed by atoms with van der Waals surface area (Å²) >= 11 is 0. The molecule has 0 spiro atoms. The zero-order valence-electron chi connectivity index (χ0n) is 18.1. The number of ether oxygens (including phenoxy) is 1. The van der Waals surface area contributed by atoms with Crippen LogP contribution in [-0.4, -0.2) is 39.4 Å². The van der Waals surface area contributed by atoms with E-state index in [9.17, 15) is 21.6 Å². The molecule has 2 aromatic carbocycles. The van der Waals surface area contributed by atoms with Gasteiger partial charge in [0, 0.05) is 17.1 Å². The van der Waals surface area contributed by atoms with E-state index in [4.69, 9.17) is 4.74 Å². The maximum absolute atomic E-state index is 12.6. The second kappa shape index (κ2) is 9.55. The number of nitrogens with zero attached hydrogens (tertiary/aromatic N) is 2. The molecule has 0 aliphatic heterocycles. The molecular weight excluding hydrogens is 468 g/mol. The van der Waals surface area contributed by atoms with Gasteiger partial charge in [0.05, 0.1) is 22.0 Å². The average molecular weight is 491 g/mol. The molecule has 0 amide bonds. The Hall–Kier alpha value is -3.51. The number of nitrogens with one attached hydrogen (secondary N) is 2. The van der Waals surface area contributed by atoms with Gasteiger partial charge in [0.15, 0.2) is 0 Å². The van der Waals surface area contributed by atoms with Gasteiger partial charge in [0.2, 0.25) is 5.95 Å². The van der Waals surface area contributed by atoms with Crippen molar-refractivity contribution < 1.29 is 26.4 Å². The van der Waals surface area contributed by atoms with Crippen molar-refractivity contribution in [2.45, 2.75) is 30.6 Å². The summed E-state index contributed by atoms with van der Waals surface area (Å²) in [4.78, 5) is 19.6. The first-order valence-electron chi connectivity index (χ1n) is 9.75. The lowest BCUT2D eigenvalue weighted by Gasteiger charge is -2.11. The van der Waals surface area contributed by atoms with Crippen LogP contribution < -0.4 is 9.44 Å². The van der Waals surface area contributed by atoms with Crippen LogP contribution in [0.5, 0.6) is 0 Å². The zero-order chi connectivity index (χ0) is 24.2. The predicted octanol–water partition coefficient (Wildman–Crippen LogP) is 2.87. The van der Waals surface area contributed by atoms with Gasteiger partial charge >= 0.3 is 5.97 Å².